The molecule has 0 atom stereocenters. The van der Waals surface area contributed by atoms with E-state index in [0.717, 1.165) is 32.7 Å². The molecule has 9 nitrogen and oxygen atoms in total. The number of rotatable bonds is 8. The Bertz CT molecular complexity index is 778. The zero-order chi connectivity index (χ0) is 18.4. The highest BCUT2D eigenvalue weighted by atomic mass is 16.5. The molecular formula is C17H26N6O3. The Balaban J connectivity index is 1.42. The van der Waals surface area contributed by atoms with Gasteiger partial charge in [-0.3, -0.25) is 19.0 Å². The maximum absolute atomic E-state index is 12.3. The fraction of sp³-hybridized carbons (Fsp3) is 0.588. The van der Waals surface area contributed by atoms with E-state index in [1.807, 2.05) is 18.2 Å². The third-order valence-electron chi connectivity index (χ3n) is 4.58. The van der Waals surface area contributed by atoms with Gasteiger partial charge in [-0.15, -0.1) is 5.10 Å². The third-order valence-corrected chi connectivity index (χ3v) is 4.58. The summed E-state index contributed by atoms with van der Waals surface area (Å²) in [6.07, 6.45) is 1.73. The second-order valence-electron chi connectivity index (χ2n) is 6.40. The van der Waals surface area contributed by atoms with Crippen LogP contribution < -0.4 is 11.0 Å². The highest BCUT2D eigenvalue weighted by molar-refractivity contribution is 5.77. The molecule has 142 valence electrons. The number of fused-ring (bicyclic) bond motifs is 1. The molecule has 1 saturated heterocycles. The summed E-state index contributed by atoms with van der Waals surface area (Å²) in [6.45, 7) is 6.29. The van der Waals surface area contributed by atoms with Crippen LogP contribution in [0.5, 0.6) is 0 Å². The van der Waals surface area contributed by atoms with Crippen molar-refractivity contribution in [3.05, 3.63) is 34.9 Å². The first-order chi connectivity index (χ1) is 12.7. The number of aromatic nitrogens is 3. The van der Waals surface area contributed by atoms with Crippen LogP contribution in [0, 0.1) is 0 Å². The van der Waals surface area contributed by atoms with Gasteiger partial charge in [0.15, 0.2) is 5.65 Å². The molecule has 0 spiro atoms. The Morgan fingerprint density at radius 2 is 1.96 bits per heavy atom. The molecule has 0 radical (unpaired) electrons. The van der Waals surface area contributed by atoms with Crippen LogP contribution in [-0.4, -0.2) is 89.4 Å². The van der Waals surface area contributed by atoms with Crippen molar-refractivity contribution in [3.8, 4) is 0 Å². The number of carbonyl (C=O) groups excluding carboxylic acids is 1. The standard InChI is InChI=1S/C17H26N6O3/c1-26-13-5-18-16(24)14-21-9-7-20(8-10-21)11-12-23-17(25)22-6-3-2-4-15(22)19-23/h2-4,6H,5,7-14H2,1H3,(H,18,24). The van der Waals surface area contributed by atoms with E-state index in [2.05, 4.69) is 20.2 Å². The molecule has 0 aliphatic carbocycles. The molecular weight excluding hydrogens is 336 g/mol. The second-order valence-corrected chi connectivity index (χ2v) is 6.40. The lowest BCUT2D eigenvalue weighted by Gasteiger charge is -2.34. The SMILES string of the molecule is COCCNC(=O)CN1CCN(CCn2nc3ccccn3c2=O)CC1. The van der Waals surface area contributed by atoms with Crippen molar-refractivity contribution in [2.24, 2.45) is 0 Å². The van der Waals surface area contributed by atoms with Gasteiger partial charge in [0.2, 0.25) is 5.91 Å². The number of nitrogens with one attached hydrogen (secondary N) is 1. The molecule has 1 fully saturated rings. The zero-order valence-electron chi connectivity index (χ0n) is 15.1. The molecule has 0 saturated carbocycles. The second kappa shape index (κ2) is 8.93. The van der Waals surface area contributed by atoms with E-state index >= 15 is 0 Å². The Morgan fingerprint density at radius 3 is 2.69 bits per heavy atom. The molecule has 2 aromatic heterocycles. The van der Waals surface area contributed by atoms with E-state index in [-0.39, 0.29) is 11.6 Å². The van der Waals surface area contributed by atoms with E-state index in [4.69, 9.17) is 4.74 Å². The van der Waals surface area contributed by atoms with Crippen LogP contribution in [0.1, 0.15) is 0 Å². The van der Waals surface area contributed by atoms with Gasteiger partial charge in [-0.05, 0) is 12.1 Å². The summed E-state index contributed by atoms with van der Waals surface area (Å²) in [4.78, 5) is 28.5. The first-order valence-corrected chi connectivity index (χ1v) is 8.92. The number of piperazine rings is 1. The van der Waals surface area contributed by atoms with Gasteiger partial charge in [0.1, 0.15) is 0 Å². The number of amides is 1. The van der Waals surface area contributed by atoms with Crippen LogP contribution >= 0.6 is 0 Å². The monoisotopic (exact) mass is 362 g/mol. The van der Waals surface area contributed by atoms with Gasteiger partial charge in [-0.1, -0.05) is 6.07 Å². The van der Waals surface area contributed by atoms with Crippen LogP contribution in [-0.2, 0) is 16.1 Å². The average molecular weight is 362 g/mol. The van der Waals surface area contributed by atoms with Crippen molar-refractivity contribution >= 4 is 11.6 Å². The van der Waals surface area contributed by atoms with E-state index in [1.165, 1.54) is 4.68 Å². The Kier molecular flexibility index (Phi) is 6.37. The summed E-state index contributed by atoms with van der Waals surface area (Å²) in [7, 11) is 1.62. The Morgan fingerprint density at radius 1 is 1.19 bits per heavy atom. The van der Waals surface area contributed by atoms with Gasteiger partial charge in [0.05, 0.1) is 19.7 Å². The lowest BCUT2D eigenvalue weighted by atomic mass is 10.3. The number of hydrogen-bond acceptors (Lipinski definition) is 6. The van der Waals surface area contributed by atoms with Crippen molar-refractivity contribution in [1.29, 1.82) is 0 Å². The van der Waals surface area contributed by atoms with Crippen molar-refractivity contribution in [2.75, 3.05) is 59.5 Å². The number of ether oxygens (including phenoxy) is 1. The van der Waals surface area contributed by atoms with Gasteiger partial charge in [0, 0.05) is 52.6 Å². The van der Waals surface area contributed by atoms with Crippen molar-refractivity contribution in [2.45, 2.75) is 6.54 Å². The minimum Gasteiger partial charge on any atom is -0.383 e. The predicted molar refractivity (Wildman–Crippen MR) is 97.2 cm³/mol. The molecule has 1 aliphatic heterocycles. The first kappa shape index (κ1) is 18.6. The minimum atomic E-state index is -0.105. The molecule has 0 bridgehead atoms. The number of pyridine rings is 1. The molecule has 3 heterocycles. The third kappa shape index (κ3) is 4.69. The van der Waals surface area contributed by atoms with Gasteiger partial charge in [-0.2, -0.15) is 0 Å². The smallest absolute Gasteiger partial charge is 0.350 e. The molecule has 0 unspecified atom stereocenters. The van der Waals surface area contributed by atoms with E-state index in [1.54, 1.807) is 17.7 Å². The van der Waals surface area contributed by atoms with Crippen LogP contribution in [0.2, 0.25) is 0 Å². The summed E-state index contributed by atoms with van der Waals surface area (Å²) in [6, 6.07) is 5.52. The molecule has 1 amide bonds. The highest BCUT2D eigenvalue weighted by Gasteiger charge is 2.19. The van der Waals surface area contributed by atoms with Crippen molar-refractivity contribution in [1.82, 2.24) is 29.3 Å². The molecule has 1 aliphatic rings. The summed E-state index contributed by atoms with van der Waals surface area (Å²) >= 11 is 0. The maximum atomic E-state index is 12.3. The fourth-order valence-electron chi connectivity index (χ4n) is 3.07. The number of methoxy groups -OCH3 is 1. The summed E-state index contributed by atoms with van der Waals surface area (Å²) in [5.74, 6) is 0.0340. The van der Waals surface area contributed by atoms with Crippen molar-refractivity contribution in [3.63, 3.8) is 0 Å². The van der Waals surface area contributed by atoms with Gasteiger partial charge in [0.25, 0.3) is 0 Å². The first-order valence-electron chi connectivity index (χ1n) is 8.92. The number of hydrogen-bond donors (Lipinski definition) is 1. The zero-order valence-corrected chi connectivity index (χ0v) is 15.1. The summed E-state index contributed by atoms with van der Waals surface area (Å²) < 4.78 is 8.00. The summed E-state index contributed by atoms with van der Waals surface area (Å²) in [5.41, 5.74) is 0.564. The normalized spacial score (nSPS) is 16.2. The van der Waals surface area contributed by atoms with Crippen LogP contribution in [0.4, 0.5) is 0 Å². The fourth-order valence-corrected chi connectivity index (χ4v) is 3.07. The molecule has 3 rings (SSSR count). The van der Waals surface area contributed by atoms with E-state index < -0.39 is 0 Å². The van der Waals surface area contributed by atoms with Crippen LogP contribution in [0.15, 0.2) is 29.2 Å². The lowest BCUT2D eigenvalue weighted by Crippen LogP contribution is -2.50. The molecule has 9 heteroatoms. The van der Waals surface area contributed by atoms with Gasteiger partial charge in [-0.25, -0.2) is 9.48 Å². The molecule has 26 heavy (non-hydrogen) atoms. The van der Waals surface area contributed by atoms with E-state index in [9.17, 15) is 9.59 Å². The summed E-state index contributed by atoms with van der Waals surface area (Å²) in [5, 5.41) is 7.19. The largest absolute Gasteiger partial charge is 0.383 e. The molecule has 2 aromatic rings. The number of nitrogens with zero attached hydrogens (tertiary/aromatic N) is 5. The maximum Gasteiger partial charge on any atom is 0.350 e. The lowest BCUT2D eigenvalue weighted by molar-refractivity contribution is -0.122. The highest BCUT2D eigenvalue weighted by Crippen LogP contribution is 2.02. The van der Waals surface area contributed by atoms with Crippen LogP contribution in [0.3, 0.4) is 0 Å². The molecule has 0 aromatic carbocycles. The average Bonchev–Trinajstić information content (AvgIpc) is 2.98. The minimum absolute atomic E-state index is 0.0340. The van der Waals surface area contributed by atoms with Crippen molar-refractivity contribution < 1.29 is 9.53 Å². The Hall–Kier alpha value is -2.23. The van der Waals surface area contributed by atoms with Gasteiger partial charge < -0.3 is 10.1 Å². The van der Waals surface area contributed by atoms with Crippen LogP contribution in [0.25, 0.3) is 5.65 Å². The van der Waals surface area contributed by atoms with E-state index in [0.29, 0.717) is 31.9 Å². The topological polar surface area (TPSA) is 84.1 Å². The molecule has 1 N–H and O–H groups in total. The Labute approximate surface area is 152 Å². The predicted octanol–water partition coefficient (Wildman–Crippen LogP) is -1.12. The quantitative estimate of drug-likeness (QED) is 0.599. The van der Waals surface area contributed by atoms with Gasteiger partial charge >= 0.3 is 5.69 Å². The number of carbonyl (C=O) groups is 1.